The molecular weight excluding hydrogens is 308 g/mol. The van der Waals surface area contributed by atoms with Gasteiger partial charge in [-0.3, -0.25) is 4.79 Å². The summed E-state index contributed by atoms with van der Waals surface area (Å²) in [6.07, 6.45) is 2.33. The summed E-state index contributed by atoms with van der Waals surface area (Å²) >= 11 is 7.14. The number of carbonyl (C=O) groups is 1. The molecule has 1 aliphatic heterocycles. The molecule has 1 aromatic carbocycles. The second kappa shape index (κ2) is 4.82. The van der Waals surface area contributed by atoms with Crippen LogP contribution in [0, 0.1) is 0 Å². The third kappa shape index (κ3) is 2.11. The summed E-state index contributed by atoms with van der Waals surface area (Å²) < 4.78 is 7.92. The second-order valence-electron chi connectivity index (χ2n) is 5.04. The standard InChI is InChI=1S/C14H11ClN4OS/c15-8-1-2-11-9(5-8)10-7-19(4-3-12(10)17-11)14(20)13-6-16-21-18-13/h1-2,5-6,17H,3-4,7H2. The number of fused-ring (bicyclic) bond motifs is 3. The fraction of sp³-hybridized carbons (Fsp3) is 0.214. The fourth-order valence-corrected chi connectivity index (χ4v) is 3.36. The SMILES string of the molecule is O=C(c1cnsn1)N1CCc2[nH]c3ccc(Cl)cc3c2C1. The van der Waals surface area contributed by atoms with E-state index in [9.17, 15) is 4.79 Å². The number of nitrogens with one attached hydrogen (secondary N) is 1. The number of hydrogen-bond donors (Lipinski definition) is 1. The van der Waals surface area contributed by atoms with Gasteiger partial charge in [0.05, 0.1) is 17.9 Å². The maximum Gasteiger partial charge on any atom is 0.275 e. The van der Waals surface area contributed by atoms with E-state index >= 15 is 0 Å². The van der Waals surface area contributed by atoms with Crippen LogP contribution < -0.4 is 0 Å². The lowest BCUT2D eigenvalue weighted by Crippen LogP contribution is -2.35. The molecule has 0 unspecified atom stereocenters. The molecule has 3 heterocycles. The van der Waals surface area contributed by atoms with Crippen molar-refractivity contribution in [2.75, 3.05) is 6.54 Å². The van der Waals surface area contributed by atoms with Gasteiger partial charge in [-0.25, -0.2) is 0 Å². The van der Waals surface area contributed by atoms with Gasteiger partial charge in [0, 0.05) is 46.7 Å². The maximum absolute atomic E-state index is 12.4. The summed E-state index contributed by atoms with van der Waals surface area (Å²) in [5.41, 5.74) is 3.82. The minimum atomic E-state index is -0.0641. The third-order valence-electron chi connectivity index (χ3n) is 3.80. The highest BCUT2D eigenvalue weighted by molar-refractivity contribution is 6.99. The van der Waals surface area contributed by atoms with Crippen molar-refractivity contribution in [2.24, 2.45) is 0 Å². The molecule has 1 amide bonds. The van der Waals surface area contributed by atoms with Crippen molar-refractivity contribution in [1.82, 2.24) is 18.6 Å². The van der Waals surface area contributed by atoms with Crippen molar-refractivity contribution in [3.05, 3.63) is 46.4 Å². The Kier molecular flexibility index (Phi) is 2.94. The Morgan fingerprint density at radius 3 is 3.14 bits per heavy atom. The Labute approximate surface area is 129 Å². The van der Waals surface area contributed by atoms with Crippen molar-refractivity contribution in [3.8, 4) is 0 Å². The molecule has 1 aliphatic rings. The lowest BCUT2D eigenvalue weighted by atomic mass is 10.0. The van der Waals surface area contributed by atoms with Crippen molar-refractivity contribution >= 4 is 40.1 Å². The summed E-state index contributed by atoms with van der Waals surface area (Å²) in [4.78, 5) is 17.6. The van der Waals surface area contributed by atoms with Crippen molar-refractivity contribution in [1.29, 1.82) is 0 Å². The molecule has 0 saturated carbocycles. The smallest absolute Gasteiger partial charge is 0.275 e. The third-order valence-corrected chi connectivity index (χ3v) is 4.52. The van der Waals surface area contributed by atoms with E-state index in [2.05, 4.69) is 13.7 Å². The first kappa shape index (κ1) is 12.8. The topological polar surface area (TPSA) is 61.9 Å². The summed E-state index contributed by atoms with van der Waals surface area (Å²) in [6, 6.07) is 5.80. The number of aromatic amines is 1. The van der Waals surface area contributed by atoms with Crippen LogP contribution >= 0.6 is 23.3 Å². The van der Waals surface area contributed by atoms with E-state index in [0.717, 1.165) is 34.6 Å². The number of nitrogens with zero attached hydrogens (tertiary/aromatic N) is 3. The van der Waals surface area contributed by atoms with Crippen molar-refractivity contribution in [2.45, 2.75) is 13.0 Å². The average molecular weight is 319 g/mol. The average Bonchev–Trinajstić information content (AvgIpc) is 3.13. The minimum absolute atomic E-state index is 0.0641. The van der Waals surface area contributed by atoms with Gasteiger partial charge in [-0.1, -0.05) is 11.6 Å². The first-order valence-corrected chi connectivity index (χ1v) is 7.69. The van der Waals surface area contributed by atoms with Gasteiger partial charge in [-0.15, -0.1) is 0 Å². The lowest BCUT2D eigenvalue weighted by Gasteiger charge is -2.26. The van der Waals surface area contributed by atoms with E-state index in [1.54, 1.807) is 0 Å². The van der Waals surface area contributed by atoms with Crippen LogP contribution in [-0.2, 0) is 13.0 Å². The van der Waals surface area contributed by atoms with Crippen molar-refractivity contribution in [3.63, 3.8) is 0 Å². The number of aromatic nitrogens is 3. The molecule has 0 radical (unpaired) electrons. The van der Waals surface area contributed by atoms with Gasteiger partial charge in [-0.2, -0.15) is 8.75 Å². The number of amides is 1. The fourth-order valence-electron chi connectivity index (χ4n) is 2.78. The molecule has 0 aliphatic carbocycles. The molecule has 0 bridgehead atoms. The summed E-state index contributed by atoms with van der Waals surface area (Å²) in [7, 11) is 0. The zero-order valence-electron chi connectivity index (χ0n) is 11.0. The molecule has 21 heavy (non-hydrogen) atoms. The van der Waals surface area contributed by atoms with Crippen LogP contribution in [0.25, 0.3) is 10.9 Å². The van der Waals surface area contributed by atoms with Crippen LogP contribution in [0.5, 0.6) is 0 Å². The Balaban J connectivity index is 1.72. The summed E-state index contributed by atoms with van der Waals surface area (Å²) in [6.45, 7) is 1.26. The van der Waals surface area contributed by atoms with E-state index in [0.29, 0.717) is 23.8 Å². The van der Waals surface area contributed by atoms with Gasteiger partial charge in [0.1, 0.15) is 0 Å². The number of hydrogen-bond acceptors (Lipinski definition) is 4. The van der Waals surface area contributed by atoms with Crippen molar-refractivity contribution < 1.29 is 4.79 Å². The van der Waals surface area contributed by atoms with E-state index in [4.69, 9.17) is 11.6 Å². The Hall–Kier alpha value is -1.92. The molecule has 3 aromatic rings. The number of benzene rings is 1. The molecule has 5 nitrogen and oxygen atoms in total. The molecule has 0 saturated heterocycles. The predicted octanol–water partition coefficient (Wildman–Crippen LogP) is 2.87. The van der Waals surface area contributed by atoms with E-state index in [-0.39, 0.29) is 5.91 Å². The quantitative estimate of drug-likeness (QED) is 0.750. The molecule has 2 aromatic heterocycles. The minimum Gasteiger partial charge on any atom is -0.358 e. The Bertz CT molecular complexity index is 827. The number of halogens is 1. The maximum atomic E-state index is 12.4. The molecule has 0 spiro atoms. The van der Waals surface area contributed by atoms with E-state index < -0.39 is 0 Å². The number of carbonyl (C=O) groups excluding carboxylic acids is 1. The molecule has 4 rings (SSSR count). The van der Waals surface area contributed by atoms with Gasteiger partial charge in [0.25, 0.3) is 5.91 Å². The van der Waals surface area contributed by atoms with Crippen LogP contribution in [0.1, 0.15) is 21.7 Å². The van der Waals surface area contributed by atoms with E-state index in [1.165, 1.54) is 11.9 Å². The largest absolute Gasteiger partial charge is 0.358 e. The monoisotopic (exact) mass is 318 g/mol. The highest BCUT2D eigenvalue weighted by Gasteiger charge is 2.25. The number of H-pyrrole nitrogens is 1. The van der Waals surface area contributed by atoms with Crippen LogP contribution in [0.2, 0.25) is 5.02 Å². The predicted molar refractivity (Wildman–Crippen MR) is 81.7 cm³/mol. The number of rotatable bonds is 1. The summed E-state index contributed by atoms with van der Waals surface area (Å²) in [5.74, 6) is -0.0641. The van der Waals surface area contributed by atoms with Crippen LogP contribution in [0.4, 0.5) is 0 Å². The first-order chi connectivity index (χ1) is 10.2. The molecule has 0 atom stereocenters. The summed E-state index contributed by atoms with van der Waals surface area (Å²) in [5, 5.41) is 1.79. The Morgan fingerprint density at radius 2 is 2.33 bits per heavy atom. The molecule has 7 heteroatoms. The zero-order valence-corrected chi connectivity index (χ0v) is 12.5. The van der Waals surface area contributed by atoms with E-state index in [1.807, 2.05) is 23.1 Å². The molecule has 0 fully saturated rings. The Morgan fingerprint density at radius 1 is 1.43 bits per heavy atom. The normalized spacial score (nSPS) is 14.4. The highest BCUT2D eigenvalue weighted by Crippen LogP contribution is 2.30. The second-order valence-corrected chi connectivity index (χ2v) is 6.03. The van der Waals surface area contributed by atoms with Crippen LogP contribution in [0.3, 0.4) is 0 Å². The van der Waals surface area contributed by atoms with Gasteiger partial charge >= 0.3 is 0 Å². The van der Waals surface area contributed by atoms with Crippen LogP contribution in [-0.4, -0.2) is 31.1 Å². The van der Waals surface area contributed by atoms with Crippen LogP contribution in [0.15, 0.2) is 24.4 Å². The van der Waals surface area contributed by atoms with Gasteiger partial charge in [-0.05, 0) is 18.2 Å². The highest BCUT2D eigenvalue weighted by atomic mass is 35.5. The molecule has 106 valence electrons. The zero-order chi connectivity index (χ0) is 14.4. The van der Waals surface area contributed by atoms with Gasteiger partial charge < -0.3 is 9.88 Å². The first-order valence-electron chi connectivity index (χ1n) is 6.58. The molecular formula is C14H11ClN4OS. The molecule has 1 N–H and O–H groups in total. The van der Waals surface area contributed by atoms with Gasteiger partial charge in [0.15, 0.2) is 5.69 Å². The van der Waals surface area contributed by atoms with Gasteiger partial charge in [0.2, 0.25) is 0 Å². The lowest BCUT2D eigenvalue weighted by molar-refractivity contribution is 0.0730.